The van der Waals surface area contributed by atoms with Crippen LogP contribution in [0.1, 0.15) is 32.6 Å². The van der Waals surface area contributed by atoms with Gasteiger partial charge in [-0.25, -0.2) is 8.42 Å². The highest BCUT2D eigenvalue weighted by Crippen LogP contribution is 2.22. The van der Waals surface area contributed by atoms with E-state index in [1.807, 2.05) is 6.92 Å². The topological polar surface area (TPSA) is 84.9 Å². The van der Waals surface area contributed by atoms with E-state index >= 15 is 0 Å². The Labute approximate surface area is 178 Å². The quantitative estimate of drug-likeness (QED) is 0.654. The average Bonchev–Trinajstić information content (AvgIpc) is 2.78. The third kappa shape index (κ3) is 5.96. The summed E-state index contributed by atoms with van der Waals surface area (Å²) in [7, 11) is -3.48. The minimum absolute atomic E-state index is 0.150. The SMILES string of the molecule is CCCOc1ccc(OCC(=O)Nc2ccc(S(=O)(=O)N3CCCCC3)cc2)cc1. The molecule has 0 saturated carbocycles. The summed E-state index contributed by atoms with van der Waals surface area (Å²) in [6.07, 6.45) is 3.78. The van der Waals surface area contributed by atoms with Gasteiger partial charge in [0.15, 0.2) is 6.61 Å². The Kier molecular flexibility index (Phi) is 7.70. The highest BCUT2D eigenvalue weighted by molar-refractivity contribution is 7.89. The minimum Gasteiger partial charge on any atom is -0.494 e. The van der Waals surface area contributed by atoms with Crippen molar-refractivity contribution in [3.05, 3.63) is 48.5 Å². The molecular weight excluding hydrogens is 404 g/mol. The largest absolute Gasteiger partial charge is 0.494 e. The lowest BCUT2D eigenvalue weighted by atomic mass is 10.2. The smallest absolute Gasteiger partial charge is 0.262 e. The van der Waals surface area contributed by atoms with Crippen LogP contribution in [0, 0.1) is 0 Å². The molecule has 1 heterocycles. The molecule has 162 valence electrons. The summed E-state index contributed by atoms with van der Waals surface area (Å²) in [5, 5.41) is 2.71. The summed E-state index contributed by atoms with van der Waals surface area (Å²) in [5.74, 6) is 0.998. The van der Waals surface area contributed by atoms with Gasteiger partial charge in [0.1, 0.15) is 11.5 Å². The molecule has 0 atom stereocenters. The van der Waals surface area contributed by atoms with E-state index in [9.17, 15) is 13.2 Å². The number of amides is 1. The van der Waals surface area contributed by atoms with Crippen molar-refractivity contribution in [3.8, 4) is 11.5 Å². The second-order valence-corrected chi connectivity index (χ2v) is 9.08. The molecule has 1 N–H and O–H groups in total. The zero-order chi connectivity index (χ0) is 21.4. The van der Waals surface area contributed by atoms with E-state index < -0.39 is 10.0 Å². The molecule has 1 saturated heterocycles. The number of hydrogen-bond donors (Lipinski definition) is 1. The van der Waals surface area contributed by atoms with E-state index in [0.29, 0.717) is 31.1 Å². The highest BCUT2D eigenvalue weighted by atomic mass is 32.2. The summed E-state index contributed by atoms with van der Waals surface area (Å²) in [5.41, 5.74) is 0.518. The van der Waals surface area contributed by atoms with E-state index in [0.717, 1.165) is 31.4 Å². The second-order valence-electron chi connectivity index (χ2n) is 7.15. The van der Waals surface area contributed by atoms with Crippen molar-refractivity contribution in [3.63, 3.8) is 0 Å². The van der Waals surface area contributed by atoms with Gasteiger partial charge in [0.05, 0.1) is 11.5 Å². The Morgan fingerprint density at radius 2 is 1.53 bits per heavy atom. The molecule has 2 aromatic rings. The molecule has 7 nitrogen and oxygen atoms in total. The Morgan fingerprint density at radius 3 is 2.13 bits per heavy atom. The number of benzene rings is 2. The zero-order valence-corrected chi connectivity index (χ0v) is 18.0. The lowest BCUT2D eigenvalue weighted by Gasteiger charge is -2.25. The molecular formula is C22H28N2O5S. The number of rotatable bonds is 9. The Hall–Kier alpha value is -2.58. The van der Waals surface area contributed by atoms with Crippen LogP contribution in [0.3, 0.4) is 0 Å². The monoisotopic (exact) mass is 432 g/mol. The van der Waals surface area contributed by atoms with E-state index in [1.165, 1.54) is 16.4 Å². The van der Waals surface area contributed by atoms with Crippen molar-refractivity contribution >= 4 is 21.6 Å². The molecule has 0 bridgehead atoms. The number of nitrogens with one attached hydrogen (secondary N) is 1. The Balaban J connectivity index is 1.50. The number of nitrogens with zero attached hydrogens (tertiary/aromatic N) is 1. The van der Waals surface area contributed by atoms with Gasteiger partial charge in [-0.15, -0.1) is 0 Å². The van der Waals surface area contributed by atoms with Crippen LogP contribution in [0.4, 0.5) is 5.69 Å². The van der Waals surface area contributed by atoms with Crippen molar-refractivity contribution in [2.45, 2.75) is 37.5 Å². The van der Waals surface area contributed by atoms with Crippen molar-refractivity contribution in [2.24, 2.45) is 0 Å². The van der Waals surface area contributed by atoms with Gasteiger partial charge >= 0.3 is 0 Å². The van der Waals surface area contributed by atoms with Crippen LogP contribution in [0.25, 0.3) is 0 Å². The Morgan fingerprint density at radius 1 is 0.933 bits per heavy atom. The number of carbonyl (C=O) groups excluding carboxylic acids is 1. The summed E-state index contributed by atoms with van der Waals surface area (Å²) in [4.78, 5) is 12.4. The lowest BCUT2D eigenvalue weighted by molar-refractivity contribution is -0.118. The molecule has 1 fully saturated rings. The summed E-state index contributed by atoms with van der Waals surface area (Å²) in [6.45, 7) is 3.66. The van der Waals surface area contributed by atoms with Crippen molar-refractivity contribution in [2.75, 3.05) is 31.6 Å². The Bertz CT molecular complexity index is 921. The maximum Gasteiger partial charge on any atom is 0.262 e. The number of anilines is 1. The van der Waals surface area contributed by atoms with Crippen LogP contribution in [-0.4, -0.2) is 44.9 Å². The van der Waals surface area contributed by atoms with Gasteiger partial charge in [0.2, 0.25) is 10.0 Å². The molecule has 2 aromatic carbocycles. The van der Waals surface area contributed by atoms with Crippen molar-refractivity contribution in [1.29, 1.82) is 0 Å². The van der Waals surface area contributed by atoms with E-state index in [1.54, 1.807) is 36.4 Å². The fraction of sp³-hybridized carbons (Fsp3) is 0.409. The third-order valence-corrected chi connectivity index (χ3v) is 6.67. The van der Waals surface area contributed by atoms with Gasteiger partial charge < -0.3 is 14.8 Å². The first kappa shape index (κ1) is 22.1. The fourth-order valence-electron chi connectivity index (χ4n) is 3.16. The summed E-state index contributed by atoms with van der Waals surface area (Å²) < 4.78 is 37.9. The standard InChI is InChI=1S/C22H28N2O5S/c1-2-16-28-19-8-10-20(11-9-19)29-17-22(25)23-18-6-12-21(13-7-18)30(26,27)24-14-4-3-5-15-24/h6-13H,2-5,14-17H2,1H3,(H,23,25). The number of hydrogen-bond acceptors (Lipinski definition) is 5. The van der Waals surface area contributed by atoms with Crippen molar-refractivity contribution < 1.29 is 22.7 Å². The van der Waals surface area contributed by atoms with Crippen LogP contribution in [0.2, 0.25) is 0 Å². The maximum atomic E-state index is 12.7. The van der Waals surface area contributed by atoms with Crippen LogP contribution < -0.4 is 14.8 Å². The molecule has 1 amide bonds. The molecule has 0 radical (unpaired) electrons. The van der Waals surface area contributed by atoms with E-state index in [-0.39, 0.29) is 17.4 Å². The number of ether oxygens (including phenoxy) is 2. The molecule has 0 aliphatic carbocycles. The van der Waals surface area contributed by atoms with Crippen LogP contribution in [0.15, 0.2) is 53.4 Å². The number of carbonyl (C=O) groups is 1. The minimum atomic E-state index is -3.48. The number of piperidine rings is 1. The molecule has 1 aliphatic heterocycles. The van der Waals surface area contributed by atoms with Gasteiger partial charge in [-0.3, -0.25) is 4.79 Å². The van der Waals surface area contributed by atoms with Gasteiger partial charge in [0, 0.05) is 18.8 Å². The van der Waals surface area contributed by atoms with Crippen LogP contribution in [-0.2, 0) is 14.8 Å². The average molecular weight is 433 g/mol. The number of sulfonamides is 1. The molecule has 1 aliphatic rings. The van der Waals surface area contributed by atoms with Gasteiger partial charge in [-0.2, -0.15) is 4.31 Å². The summed E-state index contributed by atoms with van der Waals surface area (Å²) >= 11 is 0. The molecule has 3 rings (SSSR count). The second kappa shape index (κ2) is 10.4. The normalized spacial score (nSPS) is 14.8. The first-order valence-corrected chi connectivity index (χ1v) is 11.7. The van der Waals surface area contributed by atoms with E-state index in [4.69, 9.17) is 9.47 Å². The molecule has 0 unspecified atom stereocenters. The molecule has 30 heavy (non-hydrogen) atoms. The van der Waals surface area contributed by atoms with Gasteiger partial charge in [0.25, 0.3) is 5.91 Å². The zero-order valence-electron chi connectivity index (χ0n) is 17.2. The van der Waals surface area contributed by atoms with Crippen LogP contribution >= 0.6 is 0 Å². The van der Waals surface area contributed by atoms with Gasteiger partial charge in [-0.1, -0.05) is 13.3 Å². The predicted molar refractivity (Wildman–Crippen MR) is 115 cm³/mol. The first-order valence-electron chi connectivity index (χ1n) is 10.2. The van der Waals surface area contributed by atoms with Crippen LogP contribution in [0.5, 0.6) is 11.5 Å². The third-order valence-electron chi connectivity index (χ3n) is 4.76. The van der Waals surface area contributed by atoms with E-state index in [2.05, 4.69) is 5.32 Å². The molecule has 8 heteroatoms. The first-order chi connectivity index (χ1) is 14.5. The highest BCUT2D eigenvalue weighted by Gasteiger charge is 2.25. The molecule has 0 aromatic heterocycles. The predicted octanol–water partition coefficient (Wildman–Crippen LogP) is 3.67. The van der Waals surface area contributed by atoms with Gasteiger partial charge in [-0.05, 0) is 67.8 Å². The summed E-state index contributed by atoms with van der Waals surface area (Å²) in [6, 6.07) is 13.3. The lowest BCUT2D eigenvalue weighted by Crippen LogP contribution is -2.35. The maximum absolute atomic E-state index is 12.7. The fourth-order valence-corrected chi connectivity index (χ4v) is 4.68. The van der Waals surface area contributed by atoms with Crippen molar-refractivity contribution in [1.82, 2.24) is 4.31 Å². The molecule has 0 spiro atoms.